The van der Waals surface area contributed by atoms with Crippen molar-refractivity contribution in [3.05, 3.63) is 23.6 Å². The van der Waals surface area contributed by atoms with Gasteiger partial charge in [-0.1, -0.05) is 11.6 Å². The molecule has 3 heterocycles. The van der Waals surface area contributed by atoms with Crippen molar-refractivity contribution >= 4 is 22.8 Å². The van der Waals surface area contributed by atoms with Crippen molar-refractivity contribution in [1.82, 2.24) is 19.9 Å². The maximum atomic E-state index is 9.92. The number of nitrogens with zero attached hydrogens (tertiary/aromatic N) is 3. The lowest BCUT2D eigenvalue weighted by Crippen LogP contribution is -2.44. The summed E-state index contributed by atoms with van der Waals surface area (Å²) in [4.78, 5) is 8.63. The van der Waals surface area contributed by atoms with Gasteiger partial charge in [0, 0.05) is 12.6 Å². The van der Waals surface area contributed by atoms with Crippen LogP contribution in [0.3, 0.4) is 0 Å². The van der Waals surface area contributed by atoms with Gasteiger partial charge in [-0.25, -0.2) is 9.97 Å². The molecule has 5 nitrogen and oxygen atoms in total. The third-order valence-corrected chi connectivity index (χ3v) is 4.10. The highest BCUT2D eigenvalue weighted by molar-refractivity contribution is 6.29. The topological polar surface area (TPSA) is 63.0 Å². The molecule has 1 aliphatic rings. The minimum Gasteiger partial charge on any atom is -0.392 e. The molecule has 0 aromatic carbocycles. The Morgan fingerprint density at radius 3 is 3.20 bits per heavy atom. The summed E-state index contributed by atoms with van der Waals surface area (Å²) < 4.78 is 2.02. The Kier molecular flexibility index (Phi) is 4.19. The molecule has 2 aromatic heterocycles. The van der Waals surface area contributed by atoms with Gasteiger partial charge >= 0.3 is 0 Å². The van der Waals surface area contributed by atoms with Crippen LogP contribution >= 0.6 is 11.6 Å². The van der Waals surface area contributed by atoms with Gasteiger partial charge in [0.1, 0.15) is 10.7 Å². The van der Waals surface area contributed by atoms with Crippen molar-refractivity contribution in [2.45, 2.75) is 44.4 Å². The van der Waals surface area contributed by atoms with Gasteiger partial charge in [0.05, 0.1) is 12.4 Å². The van der Waals surface area contributed by atoms with Crippen LogP contribution in [0.2, 0.25) is 5.15 Å². The molecule has 1 aliphatic heterocycles. The third kappa shape index (κ3) is 2.95. The maximum Gasteiger partial charge on any atom is 0.161 e. The molecule has 0 spiro atoms. The average molecular weight is 295 g/mol. The number of hydrogen-bond acceptors (Lipinski definition) is 4. The largest absolute Gasteiger partial charge is 0.392 e. The van der Waals surface area contributed by atoms with E-state index in [0.29, 0.717) is 5.15 Å². The Bertz CT molecular complexity index is 586. The zero-order valence-corrected chi connectivity index (χ0v) is 12.1. The summed E-state index contributed by atoms with van der Waals surface area (Å²) in [5.41, 5.74) is 1.69. The smallest absolute Gasteiger partial charge is 0.161 e. The molecule has 0 saturated carbocycles. The van der Waals surface area contributed by atoms with E-state index in [9.17, 15) is 5.11 Å². The highest BCUT2D eigenvalue weighted by Crippen LogP contribution is 2.17. The van der Waals surface area contributed by atoms with Gasteiger partial charge in [0.25, 0.3) is 0 Å². The number of rotatable bonds is 4. The van der Waals surface area contributed by atoms with Gasteiger partial charge in [-0.3, -0.25) is 0 Å². The summed E-state index contributed by atoms with van der Waals surface area (Å²) in [6.07, 6.45) is 5.50. The lowest BCUT2D eigenvalue weighted by Gasteiger charge is -2.28. The van der Waals surface area contributed by atoms with Crippen LogP contribution in [0.25, 0.3) is 11.2 Å². The highest BCUT2D eigenvalue weighted by Gasteiger charge is 2.21. The molecule has 2 aromatic rings. The van der Waals surface area contributed by atoms with Crippen LogP contribution in [0.5, 0.6) is 0 Å². The van der Waals surface area contributed by atoms with Gasteiger partial charge in [0.15, 0.2) is 5.65 Å². The average Bonchev–Trinajstić information content (AvgIpc) is 2.83. The molecular weight excluding hydrogens is 276 g/mol. The van der Waals surface area contributed by atoms with Gasteiger partial charge in [-0.2, -0.15) is 0 Å². The quantitative estimate of drug-likeness (QED) is 0.847. The summed E-state index contributed by atoms with van der Waals surface area (Å²) in [5, 5.41) is 13.8. The Balaban J connectivity index is 1.61. The number of pyridine rings is 1. The predicted molar refractivity (Wildman–Crippen MR) is 78.8 cm³/mol. The molecule has 1 saturated heterocycles. The number of hydrogen-bond donors (Lipinski definition) is 2. The first-order valence-electron chi connectivity index (χ1n) is 7.13. The summed E-state index contributed by atoms with van der Waals surface area (Å²) >= 11 is 5.93. The molecule has 1 fully saturated rings. The minimum atomic E-state index is -0.212. The van der Waals surface area contributed by atoms with Crippen LogP contribution in [0.1, 0.15) is 25.7 Å². The van der Waals surface area contributed by atoms with Crippen molar-refractivity contribution in [3.63, 3.8) is 0 Å². The number of imidazole rings is 1. The summed E-state index contributed by atoms with van der Waals surface area (Å²) in [7, 11) is 0. The Morgan fingerprint density at radius 1 is 1.45 bits per heavy atom. The Morgan fingerprint density at radius 2 is 2.35 bits per heavy atom. The van der Waals surface area contributed by atoms with E-state index in [4.69, 9.17) is 11.6 Å². The van der Waals surface area contributed by atoms with Gasteiger partial charge < -0.3 is 15.0 Å². The fourth-order valence-corrected chi connectivity index (χ4v) is 2.94. The lowest BCUT2D eigenvalue weighted by molar-refractivity contribution is 0.0909. The molecule has 108 valence electrons. The third-order valence-electron chi connectivity index (χ3n) is 3.89. The predicted octanol–water partition coefficient (Wildman–Crippen LogP) is 1.98. The van der Waals surface area contributed by atoms with E-state index in [1.807, 2.05) is 10.6 Å². The second-order valence-electron chi connectivity index (χ2n) is 5.33. The van der Waals surface area contributed by atoms with E-state index in [1.165, 1.54) is 0 Å². The lowest BCUT2D eigenvalue weighted by atomic mass is 9.97. The Labute approximate surface area is 123 Å². The first-order chi connectivity index (χ1) is 9.74. The number of aryl methyl sites for hydroxylation is 1. The molecule has 6 heteroatoms. The molecule has 0 amide bonds. The number of aromatic nitrogens is 3. The van der Waals surface area contributed by atoms with E-state index in [-0.39, 0.29) is 12.1 Å². The normalized spacial score (nSPS) is 23.3. The summed E-state index contributed by atoms with van der Waals surface area (Å²) in [5.74, 6) is 0. The van der Waals surface area contributed by atoms with E-state index in [2.05, 4.69) is 15.3 Å². The fourth-order valence-electron chi connectivity index (χ4n) is 2.79. The molecule has 0 radical (unpaired) electrons. The highest BCUT2D eigenvalue weighted by atomic mass is 35.5. The van der Waals surface area contributed by atoms with Crippen LogP contribution in [-0.2, 0) is 6.54 Å². The van der Waals surface area contributed by atoms with Crippen LogP contribution in [0, 0.1) is 0 Å². The van der Waals surface area contributed by atoms with Crippen molar-refractivity contribution < 1.29 is 5.11 Å². The number of aliphatic hydroxyl groups excluding tert-OH is 1. The van der Waals surface area contributed by atoms with Crippen LogP contribution in [0.15, 0.2) is 18.5 Å². The SMILES string of the molecule is O[C@H]1CCCN[C@@H]1CCCn1cnc2ccc(Cl)nc21. The van der Waals surface area contributed by atoms with Crippen molar-refractivity contribution in [2.24, 2.45) is 0 Å². The monoisotopic (exact) mass is 294 g/mol. The van der Waals surface area contributed by atoms with Gasteiger partial charge in [0.2, 0.25) is 0 Å². The summed E-state index contributed by atoms with van der Waals surface area (Å²) in [6.45, 7) is 1.85. The van der Waals surface area contributed by atoms with Gasteiger partial charge in [-0.05, 0) is 44.4 Å². The standard InChI is InChI=1S/C14H19ClN4O/c15-13-6-5-11-14(18-13)19(9-17-11)8-2-3-10-12(20)4-1-7-16-10/h5-6,9-10,12,16,20H,1-4,7-8H2/t10-,12+/m1/s1. The maximum absolute atomic E-state index is 9.92. The number of nitrogens with one attached hydrogen (secondary N) is 1. The second-order valence-corrected chi connectivity index (χ2v) is 5.71. The van der Waals surface area contributed by atoms with E-state index in [1.54, 1.807) is 12.4 Å². The van der Waals surface area contributed by atoms with Gasteiger partial charge in [-0.15, -0.1) is 0 Å². The van der Waals surface area contributed by atoms with E-state index >= 15 is 0 Å². The number of piperidine rings is 1. The molecule has 20 heavy (non-hydrogen) atoms. The zero-order chi connectivity index (χ0) is 13.9. The van der Waals surface area contributed by atoms with E-state index in [0.717, 1.165) is 49.9 Å². The molecule has 0 unspecified atom stereocenters. The number of aliphatic hydroxyl groups is 1. The number of fused-ring (bicyclic) bond motifs is 1. The minimum absolute atomic E-state index is 0.212. The molecule has 3 rings (SSSR count). The van der Waals surface area contributed by atoms with Crippen molar-refractivity contribution in [1.29, 1.82) is 0 Å². The molecule has 2 atom stereocenters. The van der Waals surface area contributed by atoms with E-state index < -0.39 is 0 Å². The molecule has 2 N–H and O–H groups in total. The molecular formula is C14H19ClN4O. The molecule has 0 bridgehead atoms. The Hall–Kier alpha value is -1.17. The first-order valence-corrected chi connectivity index (χ1v) is 7.50. The van der Waals surface area contributed by atoms with Crippen LogP contribution < -0.4 is 5.32 Å². The van der Waals surface area contributed by atoms with Crippen LogP contribution in [0.4, 0.5) is 0 Å². The van der Waals surface area contributed by atoms with Crippen molar-refractivity contribution in [3.8, 4) is 0 Å². The second kappa shape index (κ2) is 6.08. The summed E-state index contributed by atoms with van der Waals surface area (Å²) in [6, 6.07) is 3.85. The van der Waals surface area contributed by atoms with Crippen LogP contribution in [-0.4, -0.2) is 38.3 Å². The fraction of sp³-hybridized carbons (Fsp3) is 0.571. The number of halogens is 1. The zero-order valence-electron chi connectivity index (χ0n) is 11.3. The van der Waals surface area contributed by atoms with Crippen molar-refractivity contribution in [2.75, 3.05) is 6.54 Å². The first kappa shape index (κ1) is 13.8. The molecule has 0 aliphatic carbocycles.